The third-order valence-corrected chi connectivity index (χ3v) is 2.13. The second-order valence-electron chi connectivity index (χ2n) is 4.70. The van der Waals surface area contributed by atoms with Crippen LogP contribution in [0.15, 0.2) is 0 Å². The van der Waals surface area contributed by atoms with Gasteiger partial charge in [0.1, 0.15) is 5.78 Å². The van der Waals surface area contributed by atoms with Crippen LogP contribution in [0.5, 0.6) is 0 Å². The Labute approximate surface area is 75.5 Å². The molecular weight excluding hydrogens is 150 g/mol. The van der Waals surface area contributed by atoms with Gasteiger partial charge in [-0.15, -0.1) is 0 Å². The van der Waals surface area contributed by atoms with E-state index in [1.54, 1.807) is 0 Å². The smallest absolute Gasteiger partial charge is 0.142 e. The predicted molar refractivity (Wildman–Crippen MR) is 51.8 cm³/mol. The predicted octanol–water partition coefficient (Wildman–Crippen LogP) is 1.83. The highest BCUT2D eigenvalue weighted by Crippen LogP contribution is 2.24. The lowest BCUT2D eigenvalue weighted by atomic mass is 9.78. The number of Topliss-reactive ketones (excluding diaryl/α,β-unsaturated/α-hetero) is 1. The van der Waals surface area contributed by atoms with E-state index in [0.29, 0.717) is 12.5 Å². The summed E-state index contributed by atoms with van der Waals surface area (Å²) in [4.78, 5) is 11.8. The molecule has 12 heavy (non-hydrogen) atoms. The molecule has 0 rings (SSSR count). The summed E-state index contributed by atoms with van der Waals surface area (Å²) in [7, 11) is 0. The molecule has 2 nitrogen and oxygen atoms in total. The summed E-state index contributed by atoms with van der Waals surface area (Å²) in [6.45, 7) is 10.4. The highest BCUT2D eigenvalue weighted by atomic mass is 16.1. The van der Waals surface area contributed by atoms with Crippen LogP contribution >= 0.6 is 0 Å². The molecule has 0 amide bonds. The Morgan fingerprint density at radius 1 is 1.33 bits per heavy atom. The average molecular weight is 171 g/mol. The number of hydrogen-bond donors (Lipinski definition) is 1. The van der Waals surface area contributed by atoms with Crippen LogP contribution in [0.25, 0.3) is 0 Å². The topological polar surface area (TPSA) is 43.1 Å². The van der Waals surface area contributed by atoms with E-state index in [0.717, 1.165) is 0 Å². The lowest BCUT2D eigenvalue weighted by Crippen LogP contribution is -2.36. The Hall–Kier alpha value is -0.370. The van der Waals surface area contributed by atoms with Crippen LogP contribution in [0.4, 0.5) is 0 Å². The molecule has 2 N–H and O–H groups in total. The quantitative estimate of drug-likeness (QED) is 0.704. The zero-order valence-corrected chi connectivity index (χ0v) is 8.85. The molecular formula is C10H21NO. The van der Waals surface area contributed by atoms with Crippen LogP contribution in [-0.4, -0.2) is 12.3 Å². The Morgan fingerprint density at radius 2 is 1.75 bits per heavy atom. The van der Waals surface area contributed by atoms with Crippen molar-refractivity contribution in [2.75, 3.05) is 6.54 Å². The van der Waals surface area contributed by atoms with Gasteiger partial charge in [-0.25, -0.2) is 0 Å². The summed E-state index contributed by atoms with van der Waals surface area (Å²) in [5.41, 5.74) is 5.29. The van der Waals surface area contributed by atoms with Crippen molar-refractivity contribution in [3.8, 4) is 0 Å². The van der Waals surface area contributed by atoms with Crippen LogP contribution in [0, 0.1) is 17.3 Å². The van der Waals surface area contributed by atoms with Gasteiger partial charge in [-0.3, -0.25) is 4.79 Å². The van der Waals surface area contributed by atoms with Crippen molar-refractivity contribution in [1.29, 1.82) is 0 Å². The van der Waals surface area contributed by atoms with Gasteiger partial charge < -0.3 is 5.73 Å². The molecule has 0 aromatic rings. The zero-order chi connectivity index (χ0) is 9.94. The van der Waals surface area contributed by atoms with E-state index in [1.165, 1.54) is 0 Å². The normalized spacial score (nSPS) is 14.9. The van der Waals surface area contributed by atoms with Crippen LogP contribution in [0.3, 0.4) is 0 Å². The molecule has 0 aliphatic carbocycles. The van der Waals surface area contributed by atoms with Crippen molar-refractivity contribution in [2.24, 2.45) is 23.0 Å². The SMILES string of the molecule is CC(C)C(CN)C(=O)C(C)(C)C. The van der Waals surface area contributed by atoms with Gasteiger partial charge in [-0.2, -0.15) is 0 Å². The highest BCUT2D eigenvalue weighted by molar-refractivity contribution is 5.86. The number of ketones is 1. The third kappa shape index (κ3) is 2.94. The molecule has 0 aromatic heterocycles. The molecule has 0 saturated heterocycles. The van der Waals surface area contributed by atoms with Crippen LogP contribution in [0.1, 0.15) is 34.6 Å². The molecule has 1 unspecified atom stereocenters. The lowest BCUT2D eigenvalue weighted by molar-refractivity contribution is -0.131. The van der Waals surface area contributed by atoms with Gasteiger partial charge >= 0.3 is 0 Å². The maximum Gasteiger partial charge on any atom is 0.142 e. The average Bonchev–Trinajstić information content (AvgIpc) is 1.86. The molecule has 0 aromatic carbocycles. The molecule has 0 saturated carbocycles. The fourth-order valence-corrected chi connectivity index (χ4v) is 1.24. The van der Waals surface area contributed by atoms with Gasteiger partial charge in [0.2, 0.25) is 0 Å². The Kier molecular flexibility index (Phi) is 3.91. The number of nitrogens with two attached hydrogens (primary N) is 1. The van der Waals surface area contributed by atoms with Gasteiger partial charge in [0, 0.05) is 17.9 Å². The molecule has 0 bridgehead atoms. The van der Waals surface area contributed by atoms with Crippen molar-refractivity contribution in [3.05, 3.63) is 0 Å². The summed E-state index contributed by atoms with van der Waals surface area (Å²) >= 11 is 0. The molecule has 2 heteroatoms. The number of carbonyl (C=O) groups excluding carboxylic acids is 1. The van der Waals surface area contributed by atoms with Crippen LogP contribution in [-0.2, 0) is 4.79 Å². The molecule has 0 fully saturated rings. The first-order valence-corrected chi connectivity index (χ1v) is 4.55. The fourth-order valence-electron chi connectivity index (χ4n) is 1.24. The Balaban J connectivity index is 4.44. The standard InChI is InChI=1S/C10H21NO/c1-7(2)8(6-11)9(12)10(3,4)5/h7-8H,6,11H2,1-5H3. The first-order chi connectivity index (χ1) is 5.30. The second kappa shape index (κ2) is 4.04. The van der Waals surface area contributed by atoms with E-state index in [-0.39, 0.29) is 17.1 Å². The molecule has 0 radical (unpaired) electrons. The van der Waals surface area contributed by atoms with Crippen LogP contribution in [0.2, 0.25) is 0 Å². The Bertz CT molecular complexity index is 156. The van der Waals surface area contributed by atoms with E-state index >= 15 is 0 Å². The first kappa shape index (κ1) is 11.6. The van der Waals surface area contributed by atoms with Crippen molar-refractivity contribution >= 4 is 5.78 Å². The largest absolute Gasteiger partial charge is 0.330 e. The van der Waals surface area contributed by atoms with E-state index in [4.69, 9.17) is 5.73 Å². The van der Waals surface area contributed by atoms with Gasteiger partial charge in [0.05, 0.1) is 0 Å². The molecule has 1 atom stereocenters. The molecule has 0 aliphatic rings. The monoisotopic (exact) mass is 171 g/mol. The minimum atomic E-state index is -0.256. The Morgan fingerprint density at radius 3 is 1.83 bits per heavy atom. The number of rotatable bonds is 3. The minimum Gasteiger partial charge on any atom is -0.330 e. The van der Waals surface area contributed by atoms with Crippen molar-refractivity contribution in [1.82, 2.24) is 0 Å². The summed E-state index contributed by atoms with van der Waals surface area (Å²) in [5.74, 6) is 0.645. The van der Waals surface area contributed by atoms with E-state index in [1.807, 2.05) is 34.6 Å². The third-order valence-electron chi connectivity index (χ3n) is 2.13. The van der Waals surface area contributed by atoms with E-state index < -0.39 is 0 Å². The maximum atomic E-state index is 11.8. The highest BCUT2D eigenvalue weighted by Gasteiger charge is 2.30. The lowest BCUT2D eigenvalue weighted by Gasteiger charge is -2.26. The summed E-state index contributed by atoms with van der Waals surface area (Å²) in [5, 5.41) is 0. The van der Waals surface area contributed by atoms with Gasteiger partial charge in [-0.1, -0.05) is 34.6 Å². The summed E-state index contributed by atoms with van der Waals surface area (Å²) in [6.07, 6.45) is 0. The van der Waals surface area contributed by atoms with Crippen molar-refractivity contribution in [3.63, 3.8) is 0 Å². The van der Waals surface area contributed by atoms with E-state index in [9.17, 15) is 4.79 Å². The summed E-state index contributed by atoms with van der Waals surface area (Å²) in [6, 6.07) is 0. The molecule has 72 valence electrons. The van der Waals surface area contributed by atoms with Gasteiger partial charge in [0.15, 0.2) is 0 Å². The van der Waals surface area contributed by atoms with Gasteiger partial charge in [-0.05, 0) is 5.92 Å². The second-order valence-corrected chi connectivity index (χ2v) is 4.70. The number of carbonyl (C=O) groups is 1. The van der Waals surface area contributed by atoms with Crippen molar-refractivity contribution in [2.45, 2.75) is 34.6 Å². The summed E-state index contributed by atoms with van der Waals surface area (Å²) < 4.78 is 0. The molecule has 0 aliphatic heterocycles. The van der Waals surface area contributed by atoms with E-state index in [2.05, 4.69) is 0 Å². The zero-order valence-electron chi connectivity index (χ0n) is 8.85. The molecule has 0 spiro atoms. The first-order valence-electron chi connectivity index (χ1n) is 4.55. The van der Waals surface area contributed by atoms with Crippen LogP contribution < -0.4 is 5.73 Å². The molecule has 0 heterocycles. The maximum absolute atomic E-state index is 11.8. The van der Waals surface area contributed by atoms with Crippen molar-refractivity contribution < 1.29 is 4.79 Å². The number of hydrogen-bond acceptors (Lipinski definition) is 2. The van der Waals surface area contributed by atoms with Gasteiger partial charge in [0.25, 0.3) is 0 Å². The minimum absolute atomic E-state index is 0.0185. The fraction of sp³-hybridized carbons (Fsp3) is 0.900.